The first-order valence-electron chi connectivity index (χ1n) is 4.43. The summed E-state index contributed by atoms with van der Waals surface area (Å²) < 4.78 is 0.793. The van der Waals surface area contributed by atoms with E-state index in [1.54, 1.807) is 11.8 Å². The molecule has 1 aliphatic rings. The molecule has 74 valence electrons. The number of nitrogens with zero attached hydrogens (tertiary/aromatic N) is 1. The number of hydrogen-bond acceptors (Lipinski definition) is 3. The summed E-state index contributed by atoms with van der Waals surface area (Å²) in [4.78, 5) is 1.86. The zero-order valence-electron chi connectivity index (χ0n) is 7.59. The fourth-order valence-corrected chi connectivity index (χ4v) is 2.60. The van der Waals surface area contributed by atoms with Crippen molar-refractivity contribution in [3.63, 3.8) is 0 Å². The number of rotatable bonds is 2. The SMILES string of the molecule is OC1CSC(=S)N1Cc1ccccc1. The van der Waals surface area contributed by atoms with Crippen LogP contribution in [-0.2, 0) is 6.54 Å². The van der Waals surface area contributed by atoms with Gasteiger partial charge in [0.15, 0.2) is 0 Å². The van der Waals surface area contributed by atoms with Crippen molar-refractivity contribution < 1.29 is 5.11 Å². The van der Waals surface area contributed by atoms with E-state index >= 15 is 0 Å². The number of hydrogen-bond donors (Lipinski definition) is 1. The molecule has 1 atom stereocenters. The van der Waals surface area contributed by atoms with Gasteiger partial charge in [-0.25, -0.2) is 0 Å². The maximum atomic E-state index is 9.64. The summed E-state index contributed by atoms with van der Waals surface area (Å²) >= 11 is 6.69. The highest BCUT2D eigenvalue weighted by Crippen LogP contribution is 2.24. The molecule has 14 heavy (non-hydrogen) atoms. The van der Waals surface area contributed by atoms with E-state index in [1.807, 2.05) is 35.2 Å². The van der Waals surface area contributed by atoms with Gasteiger partial charge in [0.25, 0.3) is 0 Å². The van der Waals surface area contributed by atoms with E-state index in [9.17, 15) is 5.11 Å². The van der Waals surface area contributed by atoms with Crippen molar-refractivity contribution in [3.05, 3.63) is 35.9 Å². The lowest BCUT2D eigenvalue weighted by molar-refractivity contribution is 0.0794. The van der Waals surface area contributed by atoms with Crippen molar-refractivity contribution in [2.45, 2.75) is 12.8 Å². The summed E-state index contributed by atoms with van der Waals surface area (Å²) in [6, 6.07) is 10.1. The Morgan fingerprint density at radius 1 is 1.43 bits per heavy atom. The van der Waals surface area contributed by atoms with Gasteiger partial charge in [-0.15, -0.1) is 0 Å². The van der Waals surface area contributed by atoms with Gasteiger partial charge in [0, 0.05) is 12.3 Å². The predicted molar refractivity (Wildman–Crippen MR) is 63.0 cm³/mol. The second kappa shape index (κ2) is 4.29. The van der Waals surface area contributed by atoms with Gasteiger partial charge in [-0.2, -0.15) is 0 Å². The molecule has 0 bridgehead atoms. The van der Waals surface area contributed by atoms with Gasteiger partial charge in [-0.3, -0.25) is 0 Å². The minimum atomic E-state index is -0.423. The van der Waals surface area contributed by atoms with E-state index in [4.69, 9.17) is 12.2 Å². The molecular weight excluding hydrogens is 214 g/mol. The van der Waals surface area contributed by atoms with Gasteiger partial charge in [0.2, 0.25) is 0 Å². The molecular formula is C10H11NOS2. The summed E-state index contributed by atoms with van der Waals surface area (Å²) in [7, 11) is 0. The van der Waals surface area contributed by atoms with Crippen molar-refractivity contribution in [1.82, 2.24) is 4.90 Å². The normalized spacial score (nSPS) is 21.6. The lowest BCUT2D eigenvalue weighted by atomic mass is 10.2. The molecule has 1 aliphatic heterocycles. The van der Waals surface area contributed by atoms with Crippen LogP contribution in [0.25, 0.3) is 0 Å². The van der Waals surface area contributed by atoms with Crippen LogP contribution in [0.1, 0.15) is 5.56 Å². The molecule has 4 heteroatoms. The van der Waals surface area contributed by atoms with Crippen molar-refractivity contribution in [2.75, 3.05) is 5.75 Å². The van der Waals surface area contributed by atoms with E-state index in [2.05, 4.69) is 0 Å². The van der Waals surface area contributed by atoms with Crippen molar-refractivity contribution in [3.8, 4) is 0 Å². The molecule has 1 aromatic rings. The maximum absolute atomic E-state index is 9.64. The Morgan fingerprint density at radius 2 is 2.14 bits per heavy atom. The average Bonchev–Trinajstić information content (AvgIpc) is 2.51. The lowest BCUT2D eigenvalue weighted by Gasteiger charge is -2.21. The van der Waals surface area contributed by atoms with Gasteiger partial charge in [-0.05, 0) is 5.56 Å². The maximum Gasteiger partial charge on any atom is 0.138 e. The first kappa shape index (κ1) is 9.96. The highest BCUT2D eigenvalue weighted by molar-refractivity contribution is 8.23. The number of thiocarbonyl (C=S) groups is 1. The van der Waals surface area contributed by atoms with Crippen molar-refractivity contribution in [1.29, 1.82) is 0 Å². The highest BCUT2D eigenvalue weighted by Gasteiger charge is 2.26. The van der Waals surface area contributed by atoms with E-state index < -0.39 is 6.23 Å². The fourth-order valence-electron chi connectivity index (χ4n) is 1.39. The van der Waals surface area contributed by atoms with E-state index in [0.29, 0.717) is 12.3 Å². The Balaban J connectivity index is 2.07. The molecule has 2 nitrogen and oxygen atoms in total. The van der Waals surface area contributed by atoms with Crippen LogP contribution < -0.4 is 0 Å². The Hall–Kier alpha value is -0.580. The van der Waals surface area contributed by atoms with Crippen LogP contribution in [0.4, 0.5) is 0 Å². The Kier molecular flexibility index (Phi) is 3.05. The summed E-state index contributed by atoms with van der Waals surface area (Å²) in [6.45, 7) is 0.702. The predicted octanol–water partition coefficient (Wildman–Crippen LogP) is 1.84. The molecule has 0 radical (unpaired) electrons. The third-order valence-electron chi connectivity index (χ3n) is 2.15. The Bertz CT molecular complexity index is 328. The van der Waals surface area contributed by atoms with Crippen LogP contribution in [-0.4, -0.2) is 26.3 Å². The van der Waals surface area contributed by atoms with Crippen LogP contribution in [0, 0.1) is 0 Å². The molecule has 0 aromatic heterocycles. The molecule has 0 spiro atoms. The highest BCUT2D eigenvalue weighted by atomic mass is 32.2. The van der Waals surface area contributed by atoms with Crippen LogP contribution in [0.15, 0.2) is 30.3 Å². The molecule has 0 aliphatic carbocycles. The summed E-state index contributed by atoms with van der Waals surface area (Å²) in [5, 5.41) is 9.64. The van der Waals surface area contributed by atoms with Gasteiger partial charge >= 0.3 is 0 Å². The molecule has 0 saturated carbocycles. The first-order chi connectivity index (χ1) is 6.77. The molecule has 1 saturated heterocycles. The molecule has 0 amide bonds. The Labute approximate surface area is 92.9 Å². The average molecular weight is 225 g/mol. The number of aliphatic hydroxyl groups excluding tert-OH is 1. The molecule has 1 fully saturated rings. The van der Waals surface area contributed by atoms with Crippen LogP contribution in [0.2, 0.25) is 0 Å². The topological polar surface area (TPSA) is 23.5 Å². The van der Waals surface area contributed by atoms with E-state index in [0.717, 1.165) is 4.32 Å². The van der Waals surface area contributed by atoms with Crippen molar-refractivity contribution in [2.24, 2.45) is 0 Å². The Morgan fingerprint density at radius 3 is 2.71 bits per heavy atom. The minimum Gasteiger partial charge on any atom is -0.373 e. The third-order valence-corrected chi connectivity index (χ3v) is 3.68. The summed E-state index contributed by atoms with van der Waals surface area (Å²) in [6.07, 6.45) is -0.423. The largest absolute Gasteiger partial charge is 0.373 e. The number of benzene rings is 1. The summed E-state index contributed by atoms with van der Waals surface area (Å²) in [5.41, 5.74) is 1.18. The zero-order valence-corrected chi connectivity index (χ0v) is 9.22. The van der Waals surface area contributed by atoms with Crippen LogP contribution in [0.3, 0.4) is 0 Å². The number of thioether (sulfide) groups is 1. The van der Waals surface area contributed by atoms with Gasteiger partial charge in [0.1, 0.15) is 10.5 Å². The molecule has 1 unspecified atom stereocenters. The second-order valence-electron chi connectivity index (χ2n) is 3.17. The van der Waals surface area contributed by atoms with E-state index in [1.165, 1.54) is 5.56 Å². The van der Waals surface area contributed by atoms with Crippen LogP contribution in [0.5, 0.6) is 0 Å². The second-order valence-corrected chi connectivity index (χ2v) is 4.82. The number of aliphatic hydroxyl groups is 1. The quantitative estimate of drug-likeness (QED) is 0.776. The third kappa shape index (κ3) is 2.08. The van der Waals surface area contributed by atoms with Crippen molar-refractivity contribution >= 4 is 28.3 Å². The molecule has 1 N–H and O–H groups in total. The van der Waals surface area contributed by atoms with Gasteiger partial charge in [-0.1, -0.05) is 54.3 Å². The summed E-state index contributed by atoms with van der Waals surface area (Å²) in [5.74, 6) is 0.686. The molecule has 1 heterocycles. The lowest BCUT2D eigenvalue weighted by Crippen LogP contribution is -2.32. The smallest absolute Gasteiger partial charge is 0.138 e. The van der Waals surface area contributed by atoms with Crippen LogP contribution >= 0.6 is 24.0 Å². The monoisotopic (exact) mass is 225 g/mol. The van der Waals surface area contributed by atoms with Gasteiger partial charge < -0.3 is 10.0 Å². The van der Waals surface area contributed by atoms with E-state index in [-0.39, 0.29) is 0 Å². The molecule has 2 rings (SSSR count). The first-order valence-corrected chi connectivity index (χ1v) is 5.82. The fraction of sp³-hybridized carbons (Fsp3) is 0.300. The van der Waals surface area contributed by atoms with Gasteiger partial charge in [0.05, 0.1) is 0 Å². The standard InChI is InChI=1S/C10H11NOS2/c12-9-7-14-10(13)11(9)6-8-4-2-1-3-5-8/h1-5,9,12H,6-7H2. The minimum absolute atomic E-state index is 0.423. The molecule has 1 aromatic carbocycles. The zero-order chi connectivity index (χ0) is 9.97.